The topological polar surface area (TPSA) is 42.2 Å². The van der Waals surface area contributed by atoms with Crippen molar-refractivity contribution in [3.8, 4) is 0 Å². The van der Waals surface area contributed by atoms with E-state index in [0.717, 1.165) is 23.4 Å². The Balaban J connectivity index is 2.27. The predicted molar refractivity (Wildman–Crippen MR) is 75.1 cm³/mol. The van der Waals surface area contributed by atoms with Gasteiger partial charge in [0, 0.05) is 17.5 Å². The second kappa shape index (κ2) is 5.18. The average Bonchev–Trinajstić information content (AvgIpc) is 2.66. The van der Waals surface area contributed by atoms with Crippen LogP contribution in [0.15, 0.2) is 0 Å². The van der Waals surface area contributed by atoms with Crippen molar-refractivity contribution in [1.82, 2.24) is 4.98 Å². The summed E-state index contributed by atoms with van der Waals surface area (Å²) in [6.07, 6.45) is -2.60. The number of fused-ring (bicyclic) bond motifs is 1. The molecule has 1 heterocycles. The zero-order valence-corrected chi connectivity index (χ0v) is 12.7. The Hall–Kier alpha value is -0.820. The Kier molecular flexibility index (Phi) is 4.03. The molecule has 1 aromatic rings. The largest absolute Gasteiger partial charge is 0.406 e. The number of halogens is 3. The molecule has 3 nitrogen and oxygen atoms in total. The predicted octanol–water partition coefficient (Wildman–Crippen LogP) is 3.50. The van der Waals surface area contributed by atoms with Crippen molar-refractivity contribution in [3.05, 3.63) is 10.6 Å². The van der Waals surface area contributed by atoms with E-state index in [1.165, 1.54) is 16.2 Å². The molecule has 0 fully saturated rings. The normalized spacial score (nSPS) is 21.6. The van der Waals surface area contributed by atoms with Gasteiger partial charge in [0.2, 0.25) is 0 Å². The van der Waals surface area contributed by atoms with E-state index < -0.39 is 12.7 Å². The molecule has 0 saturated carbocycles. The first kappa shape index (κ1) is 15.6. The minimum Gasteiger partial charge on any atom is -0.339 e. The smallest absolute Gasteiger partial charge is 0.339 e. The van der Waals surface area contributed by atoms with Crippen molar-refractivity contribution >= 4 is 16.5 Å². The Labute approximate surface area is 121 Å². The third-order valence-corrected chi connectivity index (χ3v) is 4.78. The third-order valence-electron chi connectivity index (χ3n) is 3.49. The molecule has 2 rings (SSSR count). The molecule has 1 unspecified atom stereocenters. The Morgan fingerprint density at radius 2 is 2.10 bits per heavy atom. The van der Waals surface area contributed by atoms with Gasteiger partial charge < -0.3 is 10.6 Å². The van der Waals surface area contributed by atoms with Gasteiger partial charge in [-0.05, 0) is 25.2 Å². The molecule has 2 N–H and O–H groups in total. The molecular weight excluding hydrogens is 287 g/mol. The van der Waals surface area contributed by atoms with Crippen molar-refractivity contribution in [3.63, 3.8) is 0 Å². The van der Waals surface area contributed by atoms with Crippen LogP contribution in [0.4, 0.5) is 18.3 Å². The second-order valence-electron chi connectivity index (χ2n) is 6.09. The fourth-order valence-electron chi connectivity index (χ4n) is 2.65. The van der Waals surface area contributed by atoms with Crippen LogP contribution >= 0.6 is 11.3 Å². The van der Waals surface area contributed by atoms with Crippen LogP contribution in [0.5, 0.6) is 0 Å². The van der Waals surface area contributed by atoms with Gasteiger partial charge >= 0.3 is 6.18 Å². The summed E-state index contributed by atoms with van der Waals surface area (Å²) >= 11 is 1.31. The molecule has 0 radical (unpaired) electrons. The molecule has 114 valence electrons. The van der Waals surface area contributed by atoms with E-state index in [1.807, 2.05) is 0 Å². The number of nitrogens with two attached hydrogens (primary N) is 1. The van der Waals surface area contributed by atoms with E-state index in [1.54, 1.807) is 6.92 Å². The average molecular weight is 307 g/mol. The fraction of sp³-hybridized carbons (Fsp3) is 0.769. The SMILES string of the molecule is CCN(CC(F)(F)F)c1nc2c(s1)C(N)CC(C)(C)C2. The van der Waals surface area contributed by atoms with Gasteiger partial charge in [0.05, 0.1) is 5.69 Å². The van der Waals surface area contributed by atoms with E-state index in [2.05, 4.69) is 18.8 Å². The van der Waals surface area contributed by atoms with Crippen LogP contribution in [0.3, 0.4) is 0 Å². The zero-order valence-electron chi connectivity index (χ0n) is 11.9. The van der Waals surface area contributed by atoms with Crippen molar-refractivity contribution in [2.45, 2.75) is 45.8 Å². The van der Waals surface area contributed by atoms with Gasteiger partial charge in [0.25, 0.3) is 0 Å². The Morgan fingerprint density at radius 1 is 1.45 bits per heavy atom. The first-order valence-electron chi connectivity index (χ1n) is 6.68. The fourth-order valence-corrected chi connectivity index (χ4v) is 3.79. The van der Waals surface area contributed by atoms with Gasteiger partial charge in [-0.3, -0.25) is 0 Å². The van der Waals surface area contributed by atoms with Gasteiger partial charge in [-0.15, -0.1) is 0 Å². The summed E-state index contributed by atoms with van der Waals surface area (Å²) < 4.78 is 37.7. The molecule has 0 aliphatic heterocycles. The summed E-state index contributed by atoms with van der Waals surface area (Å²) in [7, 11) is 0. The Bertz CT molecular complexity index is 482. The van der Waals surface area contributed by atoms with E-state index in [9.17, 15) is 13.2 Å². The highest BCUT2D eigenvalue weighted by Gasteiger charge is 2.36. The summed E-state index contributed by atoms with van der Waals surface area (Å²) in [5.41, 5.74) is 7.06. The first-order chi connectivity index (χ1) is 9.11. The lowest BCUT2D eigenvalue weighted by Gasteiger charge is -2.32. The summed E-state index contributed by atoms with van der Waals surface area (Å²) in [6, 6.07) is -0.121. The standard InChI is InChI=1S/C13H20F3N3S/c1-4-19(7-13(14,15)16)11-18-9-6-12(2,3)5-8(17)10(9)20-11/h8H,4-7,17H2,1-3H3. The lowest BCUT2D eigenvalue weighted by Crippen LogP contribution is -2.34. The van der Waals surface area contributed by atoms with Crippen LogP contribution in [-0.2, 0) is 6.42 Å². The lowest BCUT2D eigenvalue weighted by atomic mass is 9.77. The number of aromatic nitrogens is 1. The van der Waals surface area contributed by atoms with Crippen LogP contribution in [0, 0.1) is 5.41 Å². The summed E-state index contributed by atoms with van der Waals surface area (Å²) in [5.74, 6) is 0. The van der Waals surface area contributed by atoms with Crippen molar-refractivity contribution in [2.75, 3.05) is 18.0 Å². The molecule has 20 heavy (non-hydrogen) atoms. The maximum absolute atomic E-state index is 12.6. The molecule has 1 aliphatic carbocycles. The molecule has 1 atom stereocenters. The van der Waals surface area contributed by atoms with Gasteiger partial charge in [-0.25, -0.2) is 4.98 Å². The number of hydrogen-bond acceptors (Lipinski definition) is 4. The van der Waals surface area contributed by atoms with Crippen LogP contribution < -0.4 is 10.6 Å². The summed E-state index contributed by atoms with van der Waals surface area (Å²) in [4.78, 5) is 6.63. The highest BCUT2D eigenvalue weighted by atomic mass is 32.1. The summed E-state index contributed by atoms with van der Waals surface area (Å²) in [6.45, 7) is 5.25. The molecule has 1 aromatic heterocycles. The van der Waals surface area contributed by atoms with Crippen LogP contribution in [-0.4, -0.2) is 24.2 Å². The quantitative estimate of drug-likeness (QED) is 0.929. The van der Waals surface area contributed by atoms with Crippen LogP contribution in [0.1, 0.15) is 43.8 Å². The molecule has 0 aromatic carbocycles. The van der Waals surface area contributed by atoms with Crippen molar-refractivity contribution < 1.29 is 13.2 Å². The molecule has 0 bridgehead atoms. The number of thiazole rings is 1. The Morgan fingerprint density at radius 3 is 2.65 bits per heavy atom. The molecular formula is C13H20F3N3S. The monoisotopic (exact) mass is 307 g/mol. The van der Waals surface area contributed by atoms with Crippen molar-refractivity contribution in [1.29, 1.82) is 0 Å². The first-order valence-corrected chi connectivity index (χ1v) is 7.50. The molecule has 0 saturated heterocycles. The maximum atomic E-state index is 12.6. The van der Waals surface area contributed by atoms with E-state index in [0.29, 0.717) is 5.13 Å². The van der Waals surface area contributed by atoms with Crippen LogP contribution in [0.2, 0.25) is 0 Å². The molecule has 0 amide bonds. The lowest BCUT2D eigenvalue weighted by molar-refractivity contribution is -0.119. The maximum Gasteiger partial charge on any atom is 0.406 e. The van der Waals surface area contributed by atoms with Crippen molar-refractivity contribution in [2.24, 2.45) is 11.1 Å². The number of nitrogens with zero attached hydrogens (tertiary/aromatic N) is 2. The summed E-state index contributed by atoms with van der Waals surface area (Å²) in [5, 5.41) is 0.433. The minimum atomic E-state index is -4.22. The van der Waals surface area contributed by atoms with Gasteiger partial charge in [-0.1, -0.05) is 25.2 Å². The molecule has 1 aliphatic rings. The van der Waals surface area contributed by atoms with E-state index in [-0.39, 0.29) is 18.0 Å². The number of anilines is 1. The number of rotatable bonds is 3. The minimum absolute atomic E-state index is 0.0544. The van der Waals surface area contributed by atoms with Gasteiger partial charge in [0.15, 0.2) is 5.13 Å². The number of hydrogen-bond donors (Lipinski definition) is 1. The highest BCUT2D eigenvalue weighted by molar-refractivity contribution is 7.15. The highest BCUT2D eigenvalue weighted by Crippen LogP contribution is 2.43. The second-order valence-corrected chi connectivity index (χ2v) is 7.10. The van der Waals surface area contributed by atoms with E-state index in [4.69, 9.17) is 5.73 Å². The van der Waals surface area contributed by atoms with Gasteiger partial charge in [0.1, 0.15) is 6.54 Å². The molecule has 7 heteroatoms. The van der Waals surface area contributed by atoms with E-state index >= 15 is 0 Å². The van der Waals surface area contributed by atoms with Gasteiger partial charge in [-0.2, -0.15) is 13.2 Å². The number of alkyl halides is 3. The molecule has 0 spiro atoms. The van der Waals surface area contributed by atoms with Crippen LogP contribution in [0.25, 0.3) is 0 Å². The zero-order chi connectivity index (χ0) is 15.1. The third kappa shape index (κ3) is 3.44.